The highest BCUT2D eigenvalue weighted by molar-refractivity contribution is 6.31. The topological polar surface area (TPSA) is 58.9 Å². The van der Waals surface area contributed by atoms with E-state index in [4.69, 9.17) is 21.1 Å². The molecular formula is C23H29ClO4. The molecule has 4 nitrogen and oxygen atoms in total. The number of hydrogen-bond donors (Lipinski definition) is 2. The van der Waals surface area contributed by atoms with Crippen molar-refractivity contribution in [2.75, 3.05) is 6.61 Å². The monoisotopic (exact) mass is 404 g/mol. The van der Waals surface area contributed by atoms with Gasteiger partial charge in [-0.05, 0) is 54.7 Å². The lowest BCUT2D eigenvalue weighted by molar-refractivity contribution is -0.172. The summed E-state index contributed by atoms with van der Waals surface area (Å²) in [6, 6.07) is 13.9. The first-order valence-electron chi connectivity index (χ1n) is 10.0. The minimum absolute atomic E-state index is 0.244. The SMILES string of the molecule is CCCC1OC(c2ccc(Cl)c(Cc3ccc(OCC)cc3)c2)CC(O)C1O. The van der Waals surface area contributed by atoms with Gasteiger partial charge in [-0.15, -0.1) is 0 Å². The Hall–Kier alpha value is -1.59. The minimum atomic E-state index is -0.827. The molecule has 4 unspecified atom stereocenters. The van der Waals surface area contributed by atoms with Crippen molar-refractivity contribution < 1.29 is 19.7 Å². The lowest BCUT2D eigenvalue weighted by Crippen LogP contribution is -2.45. The van der Waals surface area contributed by atoms with Crippen LogP contribution in [0.4, 0.5) is 0 Å². The van der Waals surface area contributed by atoms with E-state index in [1.54, 1.807) is 0 Å². The quantitative estimate of drug-likeness (QED) is 0.703. The summed E-state index contributed by atoms with van der Waals surface area (Å²) < 4.78 is 11.6. The summed E-state index contributed by atoms with van der Waals surface area (Å²) in [5.74, 6) is 0.858. The highest BCUT2D eigenvalue weighted by Crippen LogP contribution is 2.35. The Morgan fingerprint density at radius 2 is 1.86 bits per heavy atom. The number of hydrogen-bond acceptors (Lipinski definition) is 4. The summed E-state index contributed by atoms with van der Waals surface area (Å²) in [5.41, 5.74) is 3.14. The van der Waals surface area contributed by atoms with Crippen LogP contribution in [0, 0.1) is 0 Å². The maximum Gasteiger partial charge on any atom is 0.119 e. The third-order valence-corrected chi connectivity index (χ3v) is 5.58. The summed E-state index contributed by atoms with van der Waals surface area (Å²) in [6.45, 7) is 4.66. The highest BCUT2D eigenvalue weighted by atomic mass is 35.5. The van der Waals surface area contributed by atoms with Gasteiger partial charge in [0.05, 0.1) is 24.9 Å². The van der Waals surface area contributed by atoms with E-state index in [1.807, 2.05) is 50.2 Å². The standard InChI is InChI=1S/C23H29ClO4/c1-3-5-21-23(26)20(25)14-22(28-21)16-8-11-19(24)17(13-16)12-15-6-9-18(10-7-15)27-4-2/h6-11,13,20-23,25-26H,3-5,12,14H2,1-2H3. The Labute approximate surface area is 172 Å². The van der Waals surface area contributed by atoms with E-state index < -0.39 is 12.2 Å². The zero-order valence-corrected chi connectivity index (χ0v) is 17.2. The number of ether oxygens (including phenoxy) is 2. The molecule has 1 fully saturated rings. The van der Waals surface area contributed by atoms with E-state index in [0.717, 1.165) is 35.3 Å². The fraction of sp³-hybridized carbons (Fsp3) is 0.478. The average molecular weight is 405 g/mol. The van der Waals surface area contributed by atoms with Gasteiger partial charge in [0.2, 0.25) is 0 Å². The smallest absolute Gasteiger partial charge is 0.119 e. The molecule has 0 aliphatic carbocycles. The maximum atomic E-state index is 10.3. The van der Waals surface area contributed by atoms with Crippen molar-refractivity contribution >= 4 is 11.6 Å². The molecular weight excluding hydrogens is 376 g/mol. The zero-order valence-electron chi connectivity index (χ0n) is 16.5. The van der Waals surface area contributed by atoms with Crippen LogP contribution in [-0.4, -0.2) is 35.1 Å². The number of rotatable bonds is 7. The number of halogens is 1. The van der Waals surface area contributed by atoms with Crippen molar-refractivity contribution in [3.05, 3.63) is 64.2 Å². The molecule has 2 aromatic rings. The van der Waals surface area contributed by atoms with E-state index >= 15 is 0 Å². The fourth-order valence-electron chi connectivity index (χ4n) is 3.71. The van der Waals surface area contributed by atoms with Crippen molar-refractivity contribution in [1.82, 2.24) is 0 Å². The van der Waals surface area contributed by atoms with Crippen LogP contribution >= 0.6 is 11.6 Å². The molecule has 0 bridgehead atoms. The van der Waals surface area contributed by atoms with E-state index in [9.17, 15) is 10.2 Å². The molecule has 3 rings (SSSR count). The number of aliphatic hydroxyl groups is 2. The third-order valence-electron chi connectivity index (χ3n) is 5.21. The lowest BCUT2D eigenvalue weighted by atomic mass is 9.91. The molecule has 5 heteroatoms. The van der Waals surface area contributed by atoms with Crippen LogP contribution in [0.5, 0.6) is 5.75 Å². The van der Waals surface area contributed by atoms with Crippen molar-refractivity contribution in [3.8, 4) is 5.75 Å². The second-order valence-electron chi connectivity index (χ2n) is 7.35. The Kier molecular flexibility index (Phi) is 7.36. The lowest BCUT2D eigenvalue weighted by Gasteiger charge is -2.37. The first kappa shape index (κ1) is 21.1. The normalized spacial score (nSPS) is 24.9. The molecule has 152 valence electrons. The molecule has 0 spiro atoms. The van der Waals surface area contributed by atoms with Crippen molar-refractivity contribution in [1.29, 1.82) is 0 Å². The molecule has 4 atom stereocenters. The zero-order chi connectivity index (χ0) is 20.1. The van der Waals surface area contributed by atoms with Crippen LogP contribution < -0.4 is 4.74 Å². The molecule has 0 amide bonds. The molecule has 0 radical (unpaired) electrons. The van der Waals surface area contributed by atoms with Crippen molar-refractivity contribution in [2.24, 2.45) is 0 Å². The summed E-state index contributed by atoms with van der Waals surface area (Å²) in [7, 11) is 0. The molecule has 2 N–H and O–H groups in total. The van der Waals surface area contributed by atoms with E-state index in [0.29, 0.717) is 24.5 Å². The summed E-state index contributed by atoms with van der Waals surface area (Å²) >= 11 is 6.44. The van der Waals surface area contributed by atoms with Gasteiger partial charge in [0, 0.05) is 11.4 Å². The van der Waals surface area contributed by atoms with Gasteiger partial charge in [0.25, 0.3) is 0 Å². The molecule has 2 aromatic carbocycles. The van der Waals surface area contributed by atoms with Gasteiger partial charge in [-0.25, -0.2) is 0 Å². The predicted octanol–water partition coefficient (Wildman–Crippen LogP) is 4.68. The van der Waals surface area contributed by atoms with Gasteiger partial charge < -0.3 is 19.7 Å². The summed E-state index contributed by atoms with van der Waals surface area (Å²) in [5, 5.41) is 21.2. The van der Waals surface area contributed by atoms with Gasteiger partial charge >= 0.3 is 0 Å². The Morgan fingerprint density at radius 3 is 2.54 bits per heavy atom. The van der Waals surface area contributed by atoms with Gasteiger partial charge in [0.1, 0.15) is 11.9 Å². The van der Waals surface area contributed by atoms with Gasteiger partial charge in [-0.2, -0.15) is 0 Å². The third kappa shape index (κ3) is 5.06. The Bertz CT molecular complexity index is 762. The average Bonchev–Trinajstić information content (AvgIpc) is 2.69. The van der Waals surface area contributed by atoms with Crippen molar-refractivity contribution in [2.45, 2.75) is 63.9 Å². The van der Waals surface area contributed by atoms with Gasteiger partial charge in [-0.1, -0.05) is 49.2 Å². The summed E-state index contributed by atoms with van der Waals surface area (Å²) in [6.07, 6.45) is 0.509. The first-order valence-corrected chi connectivity index (χ1v) is 10.4. The van der Waals surface area contributed by atoms with Crippen LogP contribution in [0.1, 0.15) is 55.9 Å². The van der Waals surface area contributed by atoms with E-state index in [-0.39, 0.29) is 12.2 Å². The second-order valence-corrected chi connectivity index (χ2v) is 7.76. The highest BCUT2D eigenvalue weighted by Gasteiger charge is 2.36. The van der Waals surface area contributed by atoms with Crippen LogP contribution in [0.15, 0.2) is 42.5 Å². The molecule has 1 saturated heterocycles. The Balaban J connectivity index is 1.77. The first-order chi connectivity index (χ1) is 13.5. The molecule has 1 aliphatic rings. The molecule has 1 aliphatic heterocycles. The number of benzene rings is 2. The fourth-order valence-corrected chi connectivity index (χ4v) is 3.90. The second kappa shape index (κ2) is 9.75. The molecule has 28 heavy (non-hydrogen) atoms. The minimum Gasteiger partial charge on any atom is -0.494 e. The van der Waals surface area contributed by atoms with E-state index in [2.05, 4.69) is 6.07 Å². The van der Waals surface area contributed by atoms with E-state index in [1.165, 1.54) is 0 Å². The maximum absolute atomic E-state index is 10.3. The Morgan fingerprint density at radius 1 is 1.11 bits per heavy atom. The van der Waals surface area contributed by atoms with Gasteiger partial charge in [0.15, 0.2) is 0 Å². The van der Waals surface area contributed by atoms with Crippen molar-refractivity contribution in [3.63, 3.8) is 0 Å². The van der Waals surface area contributed by atoms with Crippen LogP contribution in [0.25, 0.3) is 0 Å². The van der Waals surface area contributed by atoms with Crippen LogP contribution in [0.2, 0.25) is 5.02 Å². The van der Waals surface area contributed by atoms with Gasteiger partial charge in [-0.3, -0.25) is 0 Å². The summed E-state index contributed by atoms with van der Waals surface area (Å²) in [4.78, 5) is 0. The van der Waals surface area contributed by atoms with Crippen LogP contribution in [0.3, 0.4) is 0 Å². The number of aliphatic hydroxyl groups excluding tert-OH is 2. The molecule has 1 heterocycles. The van der Waals surface area contributed by atoms with Crippen LogP contribution in [-0.2, 0) is 11.2 Å². The predicted molar refractivity (Wildman–Crippen MR) is 111 cm³/mol. The molecule has 0 aromatic heterocycles. The molecule has 0 saturated carbocycles. The largest absolute Gasteiger partial charge is 0.494 e.